The van der Waals surface area contributed by atoms with Crippen molar-refractivity contribution in [2.24, 2.45) is 70.5 Å². The van der Waals surface area contributed by atoms with Crippen molar-refractivity contribution in [3.8, 4) is 0 Å². The molecule has 101 heavy (non-hydrogen) atoms. The van der Waals surface area contributed by atoms with E-state index in [1.807, 2.05) is 48.5 Å². The average Bonchev–Trinajstić information content (AvgIpc) is 1.73. The number of rotatable bonds is 35. The van der Waals surface area contributed by atoms with Gasteiger partial charge in [0.05, 0.1) is 0 Å². The molecule has 6 amide bonds. The number of carbonyl (C=O) groups excluding carboxylic acids is 6. The highest BCUT2D eigenvalue weighted by atomic mass is 16.2. The maximum Gasteiger partial charge on any atom is 0.223 e. The van der Waals surface area contributed by atoms with Crippen LogP contribution in [0, 0.1) is 70.5 Å². The van der Waals surface area contributed by atoms with Gasteiger partial charge in [0.2, 0.25) is 35.4 Å². The smallest absolute Gasteiger partial charge is 0.223 e. The van der Waals surface area contributed by atoms with E-state index in [1.165, 1.54) is 116 Å². The lowest BCUT2D eigenvalue weighted by Crippen LogP contribution is -2.44. The molecule has 4 aliphatic rings. The fourth-order valence-corrected chi connectivity index (χ4v) is 13.4. The Labute approximate surface area is 627 Å². The SMILES string of the molecule is C=C(C)CC(CCCC)C(=O)NC(C)(C)C.CCCCC(CC(C)(C)C)C(=O)NC(C)(C)C.CCCCC(CC1CC1)C(=O)NC(C)(C)C.CCCCC(CC1CC1C)C(=O)NC(C)(C)C.CCCCC(CC1CCC1)C(=O)NC(C)(C)C.CCCCC(CC1CCCC1)C(=O)NC(C)(C)C. The molecule has 12 heteroatoms. The van der Waals surface area contributed by atoms with E-state index >= 15 is 0 Å². The molecule has 12 nitrogen and oxygen atoms in total. The van der Waals surface area contributed by atoms with E-state index in [2.05, 4.69) is 191 Å². The minimum absolute atomic E-state index is 0.0922. The first-order valence-corrected chi connectivity index (χ1v) is 42.0. The molecule has 0 heterocycles. The molecule has 4 fully saturated rings. The van der Waals surface area contributed by atoms with Crippen molar-refractivity contribution < 1.29 is 28.8 Å². The minimum atomic E-state index is -0.142. The zero-order chi connectivity index (χ0) is 78.2. The van der Waals surface area contributed by atoms with Crippen molar-refractivity contribution in [3.05, 3.63) is 12.2 Å². The first-order chi connectivity index (χ1) is 46.4. The quantitative estimate of drug-likeness (QED) is 0.0345. The Morgan fingerprint density at radius 2 is 0.554 bits per heavy atom. The molecule has 6 N–H and O–H groups in total. The van der Waals surface area contributed by atoms with Crippen LogP contribution in [0.2, 0.25) is 0 Å². The fraction of sp³-hybridized carbons (Fsp3) is 0.910. The van der Waals surface area contributed by atoms with E-state index in [4.69, 9.17) is 0 Å². The van der Waals surface area contributed by atoms with Crippen molar-refractivity contribution in [3.63, 3.8) is 0 Å². The molecular formula is C89H174N6O6. The summed E-state index contributed by atoms with van der Waals surface area (Å²) in [6.07, 6.45) is 39.9. The predicted octanol–water partition coefficient (Wildman–Crippen LogP) is 23.3. The van der Waals surface area contributed by atoms with Gasteiger partial charge in [-0.15, -0.1) is 6.58 Å². The lowest BCUT2D eigenvalue weighted by atomic mass is 9.77. The summed E-state index contributed by atoms with van der Waals surface area (Å²) >= 11 is 0. The zero-order valence-corrected chi connectivity index (χ0v) is 72.5. The van der Waals surface area contributed by atoms with Gasteiger partial charge < -0.3 is 31.9 Å². The van der Waals surface area contributed by atoms with Crippen LogP contribution in [0.15, 0.2) is 12.2 Å². The first-order valence-electron chi connectivity index (χ1n) is 42.0. The van der Waals surface area contributed by atoms with Crippen LogP contribution in [-0.4, -0.2) is 68.7 Å². The van der Waals surface area contributed by atoms with Crippen molar-refractivity contribution in [1.29, 1.82) is 0 Å². The molecule has 0 bridgehead atoms. The van der Waals surface area contributed by atoms with Gasteiger partial charge in [-0.2, -0.15) is 0 Å². The van der Waals surface area contributed by atoms with E-state index in [-0.39, 0.29) is 110 Å². The molecule has 0 aromatic carbocycles. The summed E-state index contributed by atoms with van der Waals surface area (Å²) < 4.78 is 0. The monoisotopic (exact) mass is 1420 g/mol. The third-order valence-electron chi connectivity index (χ3n) is 19.2. The number of nitrogens with one attached hydrogen (secondary N) is 6. The fourth-order valence-electron chi connectivity index (χ4n) is 13.4. The second kappa shape index (κ2) is 50.2. The molecule has 4 aliphatic carbocycles. The van der Waals surface area contributed by atoms with Crippen molar-refractivity contribution in [1.82, 2.24) is 31.9 Å². The number of amides is 6. The Balaban J connectivity index is 0. The summed E-state index contributed by atoms with van der Waals surface area (Å²) in [6.45, 7) is 64.8. The van der Waals surface area contributed by atoms with Crippen molar-refractivity contribution in [2.75, 3.05) is 0 Å². The Hall–Kier alpha value is -3.44. The minimum Gasteiger partial charge on any atom is -0.351 e. The summed E-state index contributed by atoms with van der Waals surface area (Å²) in [5.41, 5.74) is 0.648. The highest BCUT2D eigenvalue weighted by Crippen LogP contribution is 2.44. The molecule has 8 atom stereocenters. The van der Waals surface area contributed by atoms with Gasteiger partial charge in [-0.25, -0.2) is 0 Å². The number of carbonyl (C=O) groups is 6. The standard InChI is InChI=1S/C16H31NO.2C15H29NO.C15H31NO.2C14H27NO/c1-5-6-11-14(12-13-9-7-8-10-13)15(18)17-16(2,3)4;1-6-7-8-12(10-13-9-11(13)2)14(17)16-15(3,4)5;1-5-6-10-13(11-12-8-7-9-12)14(17)16-15(2,3)4;1-8-9-10-12(11-14(2,3)4)13(17)16-15(5,6)7;1-5-6-7-12(10-11-8-9-11)13(16)15-14(2,3)4;1-7-8-9-12(10-11(2)3)13(16)15-14(4,5)6/h13-14H,5-12H2,1-4H3,(H,17,18);11-13H,6-10H2,1-5H3,(H,16,17);12-13H,5-11H2,1-4H3,(H,16,17);12H,8-11H2,1-7H3,(H,16,17);11-12H,5-10H2,1-4H3,(H,15,16);12H,2,7-10H2,1,3-6H3,(H,15,16). The maximum absolute atomic E-state index is 12.3. The van der Waals surface area contributed by atoms with Crippen LogP contribution in [0.3, 0.4) is 0 Å². The van der Waals surface area contributed by atoms with Gasteiger partial charge in [-0.05, 0) is 250 Å². The van der Waals surface area contributed by atoms with E-state index in [0.717, 1.165) is 138 Å². The molecule has 0 aromatic rings. The van der Waals surface area contributed by atoms with Crippen LogP contribution >= 0.6 is 0 Å². The topological polar surface area (TPSA) is 175 Å². The van der Waals surface area contributed by atoms with Gasteiger partial charge in [0.15, 0.2) is 0 Å². The van der Waals surface area contributed by atoms with Crippen molar-refractivity contribution in [2.45, 2.75) is 452 Å². The normalized spacial score (nSPS) is 18.2. The third kappa shape index (κ3) is 58.4. The van der Waals surface area contributed by atoms with Gasteiger partial charge >= 0.3 is 0 Å². The van der Waals surface area contributed by atoms with Crippen LogP contribution < -0.4 is 31.9 Å². The number of hydrogen-bond acceptors (Lipinski definition) is 6. The Kier molecular flexibility index (Phi) is 49.5. The highest BCUT2D eigenvalue weighted by molar-refractivity contribution is 5.81. The van der Waals surface area contributed by atoms with Gasteiger partial charge in [0.1, 0.15) is 0 Å². The summed E-state index contributed by atoms with van der Waals surface area (Å²) in [6, 6.07) is 0. The predicted molar refractivity (Wildman–Crippen MR) is 437 cm³/mol. The highest BCUT2D eigenvalue weighted by Gasteiger charge is 2.37. The van der Waals surface area contributed by atoms with E-state index < -0.39 is 0 Å². The summed E-state index contributed by atoms with van der Waals surface area (Å²) in [7, 11) is 0. The molecular weight excluding hydrogens is 1250 g/mol. The molecule has 0 aromatic heterocycles. The van der Waals surface area contributed by atoms with Crippen LogP contribution in [0.5, 0.6) is 0 Å². The van der Waals surface area contributed by atoms with Gasteiger partial charge in [-0.1, -0.05) is 210 Å². The lowest BCUT2D eigenvalue weighted by molar-refractivity contribution is -0.128. The largest absolute Gasteiger partial charge is 0.351 e. The maximum atomic E-state index is 12.3. The van der Waals surface area contributed by atoms with E-state index in [0.29, 0.717) is 0 Å². The van der Waals surface area contributed by atoms with Crippen LogP contribution in [0.4, 0.5) is 0 Å². The Morgan fingerprint density at radius 3 is 0.762 bits per heavy atom. The van der Waals surface area contributed by atoms with E-state index in [1.54, 1.807) is 0 Å². The summed E-state index contributed by atoms with van der Waals surface area (Å²) in [4.78, 5) is 73.2. The van der Waals surface area contributed by atoms with Crippen LogP contribution in [0.1, 0.15) is 419 Å². The van der Waals surface area contributed by atoms with E-state index in [9.17, 15) is 28.8 Å². The Bertz CT molecular complexity index is 2200. The molecule has 596 valence electrons. The molecule has 0 aliphatic heterocycles. The lowest BCUT2D eigenvalue weighted by Gasteiger charge is -2.31. The number of unbranched alkanes of at least 4 members (excludes halogenated alkanes) is 6. The molecule has 0 saturated heterocycles. The zero-order valence-electron chi connectivity index (χ0n) is 72.5. The van der Waals surface area contributed by atoms with Crippen molar-refractivity contribution >= 4 is 35.4 Å². The Morgan fingerprint density at radius 1 is 0.337 bits per heavy atom. The van der Waals surface area contributed by atoms with Gasteiger partial charge in [0.25, 0.3) is 0 Å². The number of hydrogen-bond donors (Lipinski definition) is 6. The second-order valence-electron chi connectivity index (χ2n) is 39.7. The second-order valence-corrected chi connectivity index (χ2v) is 39.7. The van der Waals surface area contributed by atoms with Crippen LogP contribution in [0.25, 0.3) is 0 Å². The molecule has 4 saturated carbocycles. The van der Waals surface area contributed by atoms with Gasteiger partial charge in [0, 0.05) is 68.7 Å². The first kappa shape index (κ1) is 99.6. The summed E-state index contributed by atoms with van der Waals surface area (Å²) in [5.74, 6) is 6.86. The molecule has 0 radical (unpaired) electrons. The average molecular weight is 1420 g/mol. The molecule has 8 unspecified atom stereocenters. The van der Waals surface area contributed by atoms with Gasteiger partial charge in [-0.3, -0.25) is 28.8 Å². The third-order valence-corrected chi connectivity index (χ3v) is 19.2. The number of allylic oxidation sites excluding steroid dienone is 1. The molecule has 0 spiro atoms. The van der Waals surface area contributed by atoms with Crippen LogP contribution in [-0.2, 0) is 28.8 Å². The molecule has 4 rings (SSSR count). The summed E-state index contributed by atoms with van der Waals surface area (Å²) in [5, 5.41) is 18.7.